The Labute approximate surface area is 110 Å². The molecule has 0 atom stereocenters. The number of amides is 2. The fraction of sp³-hybridized carbons (Fsp3) is 0.154. The molecule has 1 heterocycles. The average Bonchev–Trinajstić information content (AvgIpc) is 2.85. The highest BCUT2D eigenvalue weighted by atomic mass is 16.2. The number of carbonyl (C=O) groups is 2. The molecule has 0 fully saturated rings. The van der Waals surface area contributed by atoms with Gasteiger partial charge in [-0.1, -0.05) is 0 Å². The topological polar surface area (TPSA) is 86.9 Å². The normalized spacial score (nSPS) is 10.0. The van der Waals surface area contributed by atoms with Gasteiger partial charge < -0.3 is 10.6 Å². The van der Waals surface area contributed by atoms with Crippen LogP contribution in [0.4, 0.5) is 5.69 Å². The highest BCUT2D eigenvalue weighted by Crippen LogP contribution is 2.12. The van der Waals surface area contributed by atoms with Crippen LogP contribution < -0.4 is 10.6 Å². The molecule has 0 saturated heterocycles. The van der Waals surface area contributed by atoms with E-state index in [1.807, 2.05) is 0 Å². The van der Waals surface area contributed by atoms with Crippen molar-refractivity contribution in [2.24, 2.45) is 0 Å². The van der Waals surface area contributed by atoms with Crippen LogP contribution in [0, 0.1) is 6.92 Å². The third-order valence-corrected chi connectivity index (χ3v) is 2.71. The van der Waals surface area contributed by atoms with Crippen LogP contribution in [0.25, 0.3) is 0 Å². The summed E-state index contributed by atoms with van der Waals surface area (Å²) in [5.74, 6) is -0.400. The number of H-pyrrole nitrogens is 1. The highest BCUT2D eigenvalue weighted by molar-refractivity contribution is 6.05. The minimum absolute atomic E-state index is 0.163. The van der Waals surface area contributed by atoms with Gasteiger partial charge >= 0.3 is 0 Å². The molecule has 0 aliphatic carbocycles. The van der Waals surface area contributed by atoms with Gasteiger partial charge in [0.15, 0.2) is 0 Å². The van der Waals surface area contributed by atoms with Gasteiger partial charge in [0.05, 0.1) is 11.8 Å². The van der Waals surface area contributed by atoms with Crippen LogP contribution in [0.5, 0.6) is 0 Å². The molecular weight excluding hydrogens is 244 g/mol. The Kier molecular flexibility index (Phi) is 3.61. The summed E-state index contributed by atoms with van der Waals surface area (Å²) < 4.78 is 0. The molecule has 2 rings (SSSR count). The van der Waals surface area contributed by atoms with E-state index in [1.165, 1.54) is 6.20 Å². The molecule has 0 aliphatic rings. The molecule has 0 aliphatic heterocycles. The second kappa shape index (κ2) is 5.34. The fourth-order valence-corrected chi connectivity index (χ4v) is 1.63. The molecular formula is C13H14N4O2. The average molecular weight is 258 g/mol. The molecule has 0 spiro atoms. The molecule has 98 valence electrons. The van der Waals surface area contributed by atoms with Gasteiger partial charge in [0, 0.05) is 24.0 Å². The summed E-state index contributed by atoms with van der Waals surface area (Å²) >= 11 is 0. The minimum atomic E-state index is -0.237. The first kappa shape index (κ1) is 12.8. The van der Waals surface area contributed by atoms with Gasteiger partial charge in [-0.3, -0.25) is 14.7 Å². The molecule has 0 bridgehead atoms. The molecule has 1 aromatic carbocycles. The fourth-order valence-electron chi connectivity index (χ4n) is 1.63. The zero-order valence-electron chi connectivity index (χ0n) is 10.7. The Balaban J connectivity index is 2.10. The molecule has 0 radical (unpaired) electrons. The SMILES string of the molecule is CNC(=O)c1ccc(NC(=O)c2cn[nH]c2C)cc1. The molecule has 1 aromatic heterocycles. The van der Waals surface area contributed by atoms with Crippen molar-refractivity contribution in [3.63, 3.8) is 0 Å². The predicted octanol–water partition coefficient (Wildman–Crippen LogP) is 1.33. The van der Waals surface area contributed by atoms with Crippen LogP contribution in [0.1, 0.15) is 26.4 Å². The van der Waals surface area contributed by atoms with Crippen molar-refractivity contribution in [3.8, 4) is 0 Å². The van der Waals surface area contributed by atoms with E-state index in [-0.39, 0.29) is 11.8 Å². The van der Waals surface area contributed by atoms with Crippen LogP contribution in [-0.2, 0) is 0 Å². The number of anilines is 1. The summed E-state index contributed by atoms with van der Waals surface area (Å²) in [4.78, 5) is 23.3. The van der Waals surface area contributed by atoms with E-state index >= 15 is 0 Å². The summed E-state index contributed by atoms with van der Waals surface area (Å²) in [6, 6.07) is 6.66. The highest BCUT2D eigenvalue weighted by Gasteiger charge is 2.11. The van der Waals surface area contributed by atoms with E-state index in [0.29, 0.717) is 22.5 Å². The number of hydrogen-bond donors (Lipinski definition) is 3. The van der Waals surface area contributed by atoms with Crippen molar-refractivity contribution < 1.29 is 9.59 Å². The number of aryl methyl sites for hydroxylation is 1. The van der Waals surface area contributed by atoms with Gasteiger partial charge in [-0.25, -0.2) is 0 Å². The first-order valence-electron chi connectivity index (χ1n) is 5.75. The number of hydrogen-bond acceptors (Lipinski definition) is 3. The van der Waals surface area contributed by atoms with Crippen molar-refractivity contribution in [3.05, 3.63) is 47.3 Å². The Morgan fingerprint density at radius 2 is 1.84 bits per heavy atom. The quantitative estimate of drug-likeness (QED) is 0.776. The van der Waals surface area contributed by atoms with Gasteiger partial charge in [-0.2, -0.15) is 5.10 Å². The summed E-state index contributed by atoms with van der Waals surface area (Å²) in [6.07, 6.45) is 1.48. The van der Waals surface area contributed by atoms with Crippen LogP contribution in [0.15, 0.2) is 30.5 Å². The lowest BCUT2D eigenvalue weighted by atomic mass is 10.2. The van der Waals surface area contributed by atoms with E-state index in [0.717, 1.165) is 0 Å². The van der Waals surface area contributed by atoms with Crippen molar-refractivity contribution in [2.45, 2.75) is 6.92 Å². The number of aromatic nitrogens is 2. The van der Waals surface area contributed by atoms with Crippen LogP contribution in [0.3, 0.4) is 0 Å². The molecule has 2 amide bonds. The molecule has 3 N–H and O–H groups in total. The first-order chi connectivity index (χ1) is 9.11. The van der Waals surface area contributed by atoms with Gasteiger partial charge in [0.2, 0.25) is 0 Å². The van der Waals surface area contributed by atoms with E-state index < -0.39 is 0 Å². The Morgan fingerprint density at radius 1 is 1.16 bits per heavy atom. The van der Waals surface area contributed by atoms with Crippen LogP contribution in [-0.4, -0.2) is 29.1 Å². The Morgan fingerprint density at radius 3 is 2.37 bits per heavy atom. The standard InChI is InChI=1S/C13H14N4O2/c1-8-11(7-15-17-8)13(19)16-10-5-3-9(4-6-10)12(18)14-2/h3-7H,1-2H3,(H,14,18)(H,15,17)(H,16,19). The first-order valence-corrected chi connectivity index (χ1v) is 5.75. The van der Waals surface area contributed by atoms with E-state index in [4.69, 9.17) is 0 Å². The maximum Gasteiger partial charge on any atom is 0.259 e. The van der Waals surface area contributed by atoms with E-state index in [9.17, 15) is 9.59 Å². The maximum absolute atomic E-state index is 11.9. The van der Waals surface area contributed by atoms with E-state index in [1.54, 1.807) is 38.2 Å². The third kappa shape index (κ3) is 2.79. The largest absolute Gasteiger partial charge is 0.355 e. The molecule has 6 nitrogen and oxygen atoms in total. The maximum atomic E-state index is 11.9. The second-order valence-corrected chi connectivity index (χ2v) is 4.02. The smallest absolute Gasteiger partial charge is 0.259 e. The lowest BCUT2D eigenvalue weighted by Gasteiger charge is -2.05. The van der Waals surface area contributed by atoms with Gasteiger partial charge in [-0.05, 0) is 31.2 Å². The van der Waals surface area contributed by atoms with E-state index in [2.05, 4.69) is 20.8 Å². The molecule has 19 heavy (non-hydrogen) atoms. The van der Waals surface area contributed by atoms with Crippen molar-refractivity contribution >= 4 is 17.5 Å². The lowest BCUT2D eigenvalue weighted by Crippen LogP contribution is -2.18. The summed E-state index contributed by atoms with van der Waals surface area (Å²) in [6.45, 7) is 1.77. The monoisotopic (exact) mass is 258 g/mol. The number of benzene rings is 1. The number of rotatable bonds is 3. The van der Waals surface area contributed by atoms with Gasteiger partial charge in [-0.15, -0.1) is 0 Å². The van der Waals surface area contributed by atoms with Crippen LogP contribution in [0.2, 0.25) is 0 Å². The van der Waals surface area contributed by atoms with Gasteiger partial charge in [0.25, 0.3) is 11.8 Å². The van der Waals surface area contributed by atoms with Gasteiger partial charge in [0.1, 0.15) is 0 Å². The van der Waals surface area contributed by atoms with Crippen molar-refractivity contribution in [1.82, 2.24) is 15.5 Å². The second-order valence-electron chi connectivity index (χ2n) is 4.02. The Hall–Kier alpha value is -2.63. The number of carbonyl (C=O) groups excluding carboxylic acids is 2. The third-order valence-electron chi connectivity index (χ3n) is 2.71. The minimum Gasteiger partial charge on any atom is -0.355 e. The van der Waals surface area contributed by atoms with Crippen LogP contribution >= 0.6 is 0 Å². The van der Waals surface area contributed by atoms with Crippen molar-refractivity contribution in [2.75, 3.05) is 12.4 Å². The molecule has 0 saturated carbocycles. The molecule has 6 heteroatoms. The summed E-state index contributed by atoms with van der Waals surface area (Å²) in [5.41, 5.74) is 2.37. The molecule has 0 unspecified atom stereocenters. The Bertz CT molecular complexity index is 601. The van der Waals surface area contributed by atoms with Crippen molar-refractivity contribution in [1.29, 1.82) is 0 Å². The summed E-state index contributed by atoms with van der Waals surface area (Å²) in [5, 5.41) is 11.8. The number of nitrogens with one attached hydrogen (secondary N) is 3. The summed E-state index contributed by atoms with van der Waals surface area (Å²) in [7, 11) is 1.57. The zero-order valence-corrected chi connectivity index (χ0v) is 10.7. The molecule has 2 aromatic rings. The lowest BCUT2D eigenvalue weighted by molar-refractivity contribution is 0.0962. The number of aromatic amines is 1. The number of nitrogens with zero attached hydrogens (tertiary/aromatic N) is 1. The predicted molar refractivity (Wildman–Crippen MR) is 71.1 cm³/mol. The zero-order chi connectivity index (χ0) is 13.8.